The van der Waals surface area contributed by atoms with Gasteiger partial charge in [0.25, 0.3) is 0 Å². The molecule has 8 heteroatoms. The Bertz CT molecular complexity index is 919. The first kappa shape index (κ1) is 18.4. The number of sulfone groups is 1. The highest BCUT2D eigenvalue weighted by Crippen LogP contribution is 2.25. The fourth-order valence-corrected chi connectivity index (χ4v) is 3.41. The summed E-state index contributed by atoms with van der Waals surface area (Å²) >= 11 is 0. The lowest BCUT2D eigenvalue weighted by Gasteiger charge is -2.10. The zero-order valence-corrected chi connectivity index (χ0v) is 14.1. The first-order chi connectivity index (χ1) is 11.8. The van der Waals surface area contributed by atoms with Crippen LogP contribution < -0.4 is 10.1 Å². The number of hydrogen-bond donors (Lipinski definition) is 1. The second-order valence-corrected chi connectivity index (χ2v) is 7.30. The summed E-state index contributed by atoms with van der Waals surface area (Å²) in [6.45, 7) is 0. The molecule has 0 aromatic heterocycles. The molecule has 0 radical (unpaired) electrons. The molecule has 1 amide bonds. The van der Waals surface area contributed by atoms with Crippen molar-refractivity contribution in [1.29, 1.82) is 5.26 Å². The van der Waals surface area contributed by atoms with E-state index in [0.29, 0.717) is 11.1 Å². The molecule has 0 spiro atoms. The SMILES string of the molecule is COc1cc(F)ccc1NC(=O)CS(=O)(=O)Cc1ccc(C#N)cc1. The van der Waals surface area contributed by atoms with E-state index in [4.69, 9.17) is 10.00 Å². The zero-order valence-electron chi connectivity index (χ0n) is 13.3. The molecule has 2 aromatic carbocycles. The number of nitrogens with one attached hydrogen (secondary N) is 1. The number of amides is 1. The molecule has 0 fully saturated rings. The highest BCUT2D eigenvalue weighted by Gasteiger charge is 2.19. The minimum atomic E-state index is -3.71. The van der Waals surface area contributed by atoms with Gasteiger partial charge in [0.1, 0.15) is 17.3 Å². The van der Waals surface area contributed by atoms with Gasteiger partial charge >= 0.3 is 0 Å². The van der Waals surface area contributed by atoms with Crippen LogP contribution in [-0.2, 0) is 20.4 Å². The van der Waals surface area contributed by atoms with Gasteiger partial charge in [-0.3, -0.25) is 4.79 Å². The monoisotopic (exact) mass is 362 g/mol. The molecule has 1 N–H and O–H groups in total. The molecule has 0 heterocycles. The minimum Gasteiger partial charge on any atom is -0.494 e. The molecule has 25 heavy (non-hydrogen) atoms. The van der Waals surface area contributed by atoms with E-state index in [-0.39, 0.29) is 17.2 Å². The Balaban J connectivity index is 2.04. The molecular formula is C17H15FN2O4S. The van der Waals surface area contributed by atoms with Gasteiger partial charge in [-0.2, -0.15) is 5.26 Å². The van der Waals surface area contributed by atoms with Crippen molar-refractivity contribution in [3.05, 3.63) is 59.4 Å². The van der Waals surface area contributed by atoms with Crippen LogP contribution in [0, 0.1) is 17.1 Å². The number of carbonyl (C=O) groups excluding carboxylic acids is 1. The van der Waals surface area contributed by atoms with E-state index in [0.717, 1.165) is 12.1 Å². The molecule has 0 bridgehead atoms. The maximum absolute atomic E-state index is 13.1. The summed E-state index contributed by atoms with van der Waals surface area (Å²) in [6, 6.07) is 11.5. The Labute approximate surface area is 144 Å². The van der Waals surface area contributed by atoms with Crippen LogP contribution in [0.5, 0.6) is 5.75 Å². The fraction of sp³-hybridized carbons (Fsp3) is 0.176. The number of nitrogens with zero attached hydrogens (tertiary/aromatic N) is 1. The first-order valence-electron chi connectivity index (χ1n) is 7.16. The van der Waals surface area contributed by atoms with E-state index in [9.17, 15) is 17.6 Å². The maximum atomic E-state index is 13.1. The van der Waals surface area contributed by atoms with Gasteiger partial charge in [0, 0.05) is 6.07 Å². The average molecular weight is 362 g/mol. The van der Waals surface area contributed by atoms with E-state index in [1.165, 1.54) is 37.4 Å². The lowest BCUT2D eigenvalue weighted by atomic mass is 10.2. The number of rotatable bonds is 6. The lowest BCUT2D eigenvalue weighted by Crippen LogP contribution is -2.24. The topological polar surface area (TPSA) is 96.3 Å². The normalized spacial score (nSPS) is 10.8. The van der Waals surface area contributed by atoms with Crippen molar-refractivity contribution in [3.63, 3.8) is 0 Å². The quantitative estimate of drug-likeness (QED) is 0.850. The minimum absolute atomic E-state index is 0.0952. The van der Waals surface area contributed by atoms with E-state index in [1.807, 2.05) is 6.07 Å². The summed E-state index contributed by atoms with van der Waals surface area (Å²) in [6.07, 6.45) is 0. The summed E-state index contributed by atoms with van der Waals surface area (Å²) in [7, 11) is -2.40. The standard InChI is InChI=1S/C17H15FN2O4S/c1-24-16-8-14(18)6-7-15(16)20-17(21)11-25(22,23)10-13-4-2-12(9-19)3-5-13/h2-8H,10-11H2,1H3,(H,20,21). The van der Waals surface area contributed by atoms with Gasteiger partial charge in [0.2, 0.25) is 5.91 Å². The average Bonchev–Trinajstić information content (AvgIpc) is 2.56. The van der Waals surface area contributed by atoms with Crippen molar-refractivity contribution in [1.82, 2.24) is 0 Å². The highest BCUT2D eigenvalue weighted by atomic mass is 32.2. The first-order valence-corrected chi connectivity index (χ1v) is 8.98. The molecule has 0 saturated heterocycles. The van der Waals surface area contributed by atoms with Crippen LogP contribution in [0.1, 0.15) is 11.1 Å². The van der Waals surface area contributed by atoms with Crippen LogP contribution in [-0.4, -0.2) is 27.2 Å². The van der Waals surface area contributed by atoms with Gasteiger partial charge in [0.15, 0.2) is 9.84 Å². The number of hydrogen-bond acceptors (Lipinski definition) is 5. The Morgan fingerprint density at radius 2 is 1.92 bits per heavy atom. The molecule has 2 rings (SSSR count). The zero-order chi connectivity index (χ0) is 18.4. The summed E-state index contributed by atoms with van der Waals surface area (Å²) in [5.74, 6) is -2.25. The summed E-state index contributed by atoms with van der Waals surface area (Å²) in [5, 5.41) is 11.1. The van der Waals surface area contributed by atoms with E-state index >= 15 is 0 Å². The molecule has 0 atom stereocenters. The second kappa shape index (κ2) is 7.77. The van der Waals surface area contributed by atoms with Gasteiger partial charge in [0.05, 0.1) is 30.2 Å². The Hall–Kier alpha value is -2.92. The predicted molar refractivity (Wildman–Crippen MR) is 90.2 cm³/mol. The van der Waals surface area contributed by atoms with Gasteiger partial charge in [-0.05, 0) is 29.8 Å². The summed E-state index contributed by atoms with van der Waals surface area (Å²) in [5.41, 5.74) is 1.08. The van der Waals surface area contributed by atoms with E-state index < -0.39 is 27.3 Å². The number of carbonyl (C=O) groups is 1. The molecule has 0 saturated carbocycles. The third-order valence-electron chi connectivity index (χ3n) is 3.26. The van der Waals surface area contributed by atoms with Crippen LogP contribution >= 0.6 is 0 Å². The Kier molecular flexibility index (Phi) is 5.72. The maximum Gasteiger partial charge on any atom is 0.239 e. The van der Waals surface area contributed by atoms with Crippen molar-refractivity contribution >= 4 is 21.4 Å². The molecule has 0 aliphatic carbocycles. The highest BCUT2D eigenvalue weighted by molar-refractivity contribution is 7.91. The molecule has 0 aliphatic heterocycles. The van der Waals surface area contributed by atoms with Crippen LogP contribution in [0.15, 0.2) is 42.5 Å². The van der Waals surface area contributed by atoms with Crippen LogP contribution in [0.25, 0.3) is 0 Å². The summed E-state index contributed by atoms with van der Waals surface area (Å²) < 4.78 is 42.4. The van der Waals surface area contributed by atoms with Crippen molar-refractivity contribution in [2.75, 3.05) is 18.2 Å². The number of benzene rings is 2. The van der Waals surface area contributed by atoms with Crippen LogP contribution in [0.2, 0.25) is 0 Å². The largest absolute Gasteiger partial charge is 0.494 e. The molecule has 0 aliphatic rings. The van der Waals surface area contributed by atoms with Crippen molar-refractivity contribution in [2.45, 2.75) is 5.75 Å². The number of nitriles is 1. The Morgan fingerprint density at radius 1 is 1.24 bits per heavy atom. The summed E-state index contributed by atoms with van der Waals surface area (Å²) in [4.78, 5) is 12.0. The van der Waals surface area contributed by atoms with Crippen molar-refractivity contribution in [3.8, 4) is 11.8 Å². The van der Waals surface area contributed by atoms with Gasteiger partial charge in [-0.25, -0.2) is 12.8 Å². The van der Waals surface area contributed by atoms with Crippen LogP contribution in [0.4, 0.5) is 10.1 Å². The van der Waals surface area contributed by atoms with Gasteiger partial charge in [-0.15, -0.1) is 0 Å². The van der Waals surface area contributed by atoms with E-state index in [2.05, 4.69) is 5.32 Å². The van der Waals surface area contributed by atoms with Crippen LogP contribution in [0.3, 0.4) is 0 Å². The smallest absolute Gasteiger partial charge is 0.239 e. The third-order valence-corrected chi connectivity index (χ3v) is 4.73. The van der Waals surface area contributed by atoms with Crippen molar-refractivity contribution < 1.29 is 22.3 Å². The number of halogens is 1. The fourth-order valence-electron chi connectivity index (χ4n) is 2.13. The number of ether oxygens (including phenoxy) is 1. The molecule has 0 unspecified atom stereocenters. The lowest BCUT2D eigenvalue weighted by molar-refractivity contribution is -0.113. The Morgan fingerprint density at radius 3 is 2.52 bits per heavy atom. The predicted octanol–water partition coefficient (Wildman–Crippen LogP) is 2.26. The second-order valence-electron chi connectivity index (χ2n) is 5.23. The van der Waals surface area contributed by atoms with Gasteiger partial charge < -0.3 is 10.1 Å². The van der Waals surface area contributed by atoms with Crippen molar-refractivity contribution in [2.24, 2.45) is 0 Å². The third kappa shape index (κ3) is 5.29. The molecule has 6 nitrogen and oxygen atoms in total. The number of anilines is 1. The molecule has 130 valence electrons. The number of methoxy groups -OCH3 is 1. The van der Waals surface area contributed by atoms with Gasteiger partial charge in [-0.1, -0.05) is 12.1 Å². The molecule has 2 aromatic rings. The molecular weight excluding hydrogens is 347 g/mol. The van der Waals surface area contributed by atoms with E-state index in [1.54, 1.807) is 0 Å².